The molecule has 0 aliphatic carbocycles. The van der Waals surface area contributed by atoms with Gasteiger partial charge in [-0.25, -0.2) is 0 Å². The monoisotopic (exact) mass is 398 g/mol. The predicted octanol–water partition coefficient (Wildman–Crippen LogP) is 2.99. The molecule has 1 N–H and O–H groups in total. The first-order valence-corrected chi connectivity index (χ1v) is 9.57. The average molecular weight is 398 g/mol. The van der Waals surface area contributed by atoms with Crippen LogP contribution in [0.3, 0.4) is 0 Å². The number of rotatable bonds is 6. The molecule has 0 saturated carbocycles. The second-order valence-corrected chi connectivity index (χ2v) is 6.92. The van der Waals surface area contributed by atoms with Crippen LogP contribution in [0.5, 0.6) is 11.5 Å². The number of amides is 1. The van der Waals surface area contributed by atoms with Gasteiger partial charge in [-0.2, -0.15) is 5.26 Å². The minimum Gasteiger partial charge on any atom is -0.486 e. The van der Waals surface area contributed by atoms with Gasteiger partial charge in [0, 0.05) is 4.90 Å². The summed E-state index contributed by atoms with van der Waals surface area (Å²) in [4.78, 5) is 25.1. The lowest BCUT2D eigenvalue weighted by Crippen LogP contribution is -2.30. The number of carbonyl (C=O) groups is 2. The third kappa shape index (κ3) is 4.96. The topological polar surface area (TPSA) is 97.7 Å². The number of hydrogen-bond donors (Lipinski definition) is 1. The van der Waals surface area contributed by atoms with Crippen molar-refractivity contribution in [3.05, 3.63) is 48.0 Å². The Morgan fingerprint density at radius 1 is 1.21 bits per heavy atom. The molecular weight excluding hydrogens is 380 g/mol. The normalized spacial score (nSPS) is 13.1. The van der Waals surface area contributed by atoms with Gasteiger partial charge in [0.05, 0.1) is 17.0 Å². The van der Waals surface area contributed by atoms with Crippen molar-refractivity contribution in [2.45, 2.75) is 17.9 Å². The molecule has 8 heteroatoms. The highest BCUT2D eigenvalue weighted by molar-refractivity contribution is 8.00. The van der Waals surface area contributed by atoms with Gasteiger partial charge in [-0.15, -0.1) is 11.8 Å². The lowest BCUT2D eigenvalue weighted by molar-refractivity contribution is -0.150. The van der Waals surface area contributed by atoms with Crippen LogP contribution in [-0.2, 0) is 14.3 Å². The molecule has 0 fully saturated rings. The van der Waals surface area contributed by atoms with E-state index in [1.54, 1.807) is 36.4 Å². The summed E-state index contributed by atoms with van der Waals surface area (Å²) < 4.78 is 16.2. The first kappa shape index (κ1) is 19.6. The molecule has 2 aromatic rings. The number of fused-ring (bicyclic) bond motifs is 1. The van der Waals surface area contributed by atoms with Gasteiger partial charge in [-0.05, 0) is 37.3 Å². The summed E-state index contributed by atoms with van der Waals surface area (Å²) in [6, 6.07) is 14.0. The summed E-state index contributed by atoms with van der Waals surface area (Å²) in [5, 5.41) is 11.7. The quantitative estimate of drug-likeness (QED) is 0.590. The van der Waals surface area contributed by atoms with E-state index >= 15 is 0 Å². The van der Waals surface area contributed by atoms with Crippen molar-refractivity contribution in [3.63, 3.8) is 0 Å². The van der Waals surface area contributed by atoms with E-state index in [1.165, 1.54) is 18.7 Å². The summed E-state index contributed by atoms with van der Waals surface area (Å²) in [5.41, 5.74) is 0.715. The molecule has 1 aliphatic rings. The first-order valence-electron chi connectivity index (χ1n) is 8.59. The maximum atomic E-state index is 12.2. The minimum atomic E-state index is -0.986. The van der Waals surface area contributed by atoms with Crippen molar-refractivity contribution in [1.82, 2.24) is 0 Å². The van der Waals surface area contributed by atoms with Crippen molar-refractivity contribution in [3.8, 4) is 17.6 Å². The predicted molar refractivity (Wildman–Crippen MR) is 103 cm³/mol. The first-order chi connectivity index (χ1) is 13.6. The van der Waals surface area contributed by atoms with Crippen molar-refractivity contribution in [2.75, 3.05) is 24.3 Å². The van der Waals surface area contributed by atoms with Crippen molar-refractivity contribution < 1.29 is 23.8 Å². The SMILES string of the molecule is C[C@H](OC(=O)CSc1ccc2c(c1)OCCO2)C(=O)Nc1ccccc1C#N. The van der Waals surface area contributed by atoms with Crippen LogP contribution in [0.2, 0.25) is 0 Å². The van der Waals surface area contributed by atoms with Crippen molar-refractivity contribution in [1.29, 1.82) is 5.26 Å². The van der Waals surface area contributed by atoms with Crippen LogP contribution < -0.4 is 14.8 Å². The second kappa shape index (κ2) is 9.15. The molecule has 1 aliphatic heterocycles. The standard InChI is InChI=1S/C20H18N2O5S/c1-13(20(24)22-16-5-3-2-4-14(16)11-21)27-19(23)12-28-15-6-7-17-18(10-15)26-9-8-25-17/h2-7,10,13H,8-9,12H2,1H3,(H,22,24)/t13-/m0/s1. The number of nitrogens with zero attached hydrogens (tertiary/aromatic N) is 1. The fraction of sp³-hybridized carbons (Fsp3) is 0.250. The number of nitrogens with one attached hydrogen (secondary N) is 1. The molecular formula is C20H18N2O5S. The molecule has 144 valence electrons. The van der Waals surface area contributed by atoms with Gasteiger partial charge in [0.25, 0.3) is 5.91 Å². The number of para-hydroxylation sites is 1. The molecule has 28 heavy (non-hydrogen) atoms. The Balaban J connectivity index is 1.50. The van der Waals surface area contributed by atoms with Gasteiger partial charge < -0.3 is 19.5 Å². The van der Waals surface area contributed by atoms with Gasteiger partial charge in [-0.1, -0.05) is 12.1 Å². The summed E-state index contributed by atoms with van der Waals surface area (Å²) in [7, 11) is 0. The molecule has 1 atom stereocenters. The fourth-order valence-electron chi connectivity index (χ4n) is 2.46. The third-order valence-corrected chi connectivity index (χ3v) is 4.82. The van der Waals surface area contributed by atoms with E-state index < -0.39 is 18.0 Å². The summed E-state index contributed by atoms with van der Waals surface area (Å²) in [6.07, 6.45) is -0.986. The molecule has 0 spiro atoms. The number of anilines is 1. The van der Waals surface area contributed by atoms with Gasteiger partial charge in [-0.3, -0.25) is 9.59 Å². The summed E-state index contributed by atoms with van der Waals surface area (Å²) in [5.74, 6) is 0.359. The number of ether oxygens (including phenoxy) is 3. The van der Waals surface area contributed by atoms with Crippen LogP contribution in [0, 0.1) is 11.3 Å². The smallest absolute Gasteiger partial charge is 0.317 e. The Morgan fingerprint density at radius 2 is 1.96 bits per heavy atom. The van der Waals surface area contributed by atoms with Gasteiger partial charge in [0.2, 0.25) is 0 Å². The molecule has 0 aromatic heterocycles. The number of hydrogen-bond acceptors (Lipinski definition) is 7. The van der Waals surface area contributed by atoms with Gasteiger partial charge in [0.1, 0.15) is 19.3 Å². The highest BCUT2D eigenvalue weighted by atomic mass is 32.2. The van der Waals surface area contributed by atoms with E-state index in [-0.39, 0.29) is 5.75 Å². The second-order valence-electron chi connectivity index (χ2n) is 5.87. The van der Waals surface area contributed by atoms with Gasteiger partial charge in [0.15, 0.2) is 17.6 Å². The van der Waals surface area contributed by atoms with E-state index in [2.05, 4.69) is 5.32 Å². The molecule has 1 heterocycles. The summed E-state index contributed by atoms with van der Waals surface area (Å²) in [6.45, 7) is 2.49. The molecule has 3 rings (SSSR count). The average Bonchev–Trinajstić information content (AvgIpc) is 2.72. The Hall–Kier alpha value is -3.18. The largest absolute Gasteiger partial charge is 0.486 e. The zero-order valence-electron chi connectivity index (χ0n) is 15.1. The maximum Gasteiger partial charge on any atom is 0.317 e. The van der Waals surface area contributed by atoms with E-state index in [0.29, 0.717) is 36.0 Å². The Kier molecular flexibility index (Phi) is 6.40. The zero-order valence-corrected chi connectivity index (χ0v) is 16.0. The Bertz CT molecular complexity index is 925. The molecule has 1 amide bonds. The minimum absolute atomic E-state index is 0.0477. The Morgan fingerprint density at radius 3 is 2.75 bits per heavy atom. The third-order valence-electron chi connectivity index (χ3n) is 3.85. The van der Waals surface area contributed by atoms with Crippen LogP contribution in [0.25, 0.3) is 0 Å². The van der Waals surface area contributed by atoms with Crippen LogP contribution in [0.4, 0.5) is 5.69 Å². The number of esters is 1. The van der Waals surface area contributed by atoms with Crippen LogP contribution in [0.15, 0.2) is 47.4 Å². The van der Waals surface area contributed by atoms with Gasteiger partial charge >= 0.3 is 5.97 Å². The van der Waals surface area contributed by atoms with E-state index in [4.69, 9.17) is 19.5 Å². The Labute approximate surface area is 166 Å². The summed E-state index contributed by atoms with van der Waals surface area (Å²) >= 11 is 1.28. The van der Waals surface area contributed by atoms with E-state index in [9.17, 15) is 9.59 Å². The van der Waals surface area contributed by atoms with Crippen molar-refractivity contribution >= 4 is 29.3 Å². The van der Waals surface area contributed by atoms with Crippen LogP contribution in [-0.4, -0.2) is 36.9 Å². The lowest BCUT2D eigenvalue weighted by atomic mass is 10.2. The molecule has 0 bridgehead atoms. The van der Waals surface area contributed by atoms with Crippen LogP contribution >= 0.6 is 11.8 Å². The van der Waals surface area contributed by atoms with E-state index in [0.717, 1.165) is 4.90 Å². The van der Waals surface area contributed by atoms with Crippen molar-refractivity contribution in [2.24, 2.45) is 0 Å². The zero-order chi connectivity index (χ0) is 19.9. The molecule has 0 saturated heterocycles. The molecule has 7 nitrogen and oxygen atoms in total. The molecule has 0 radical (unpaired) electrons. The number of thioether (sulfide) groups is 1. The number of nitriles is 1. The molecule has 0 unspecified atom stereocenters. The van der Waals surface area contributed by atoms with E-state index in [1.807, 2.05) is 12.1 Å². The highest BCUT2D eigenvalue weighted by Gasteiger charge is 2.19. The number of benzene rings is 2. The highest BCUT2D eigenvalue weighted by Crippen LogP contribution is 2.34. The van der Waals surface area contributed by atoms with Crippen LogP contribution in [0.1, 0.15) is 12.5 Å². The number of carbonyl (C=O) groups excluding carboxylic acids is 2. The lowest BCUT2D eigenvalue weighted by Gasteiger charge is -2.18. The molecule has 2 aromatic carbocycles. The fourth-order valence-corrected chi connectivity index (χ4v) is 3.17. The maximum absolute atomic E-state index is 12.2.